The van der Waals surface area contributed by atoms with E-state index < -0.39 is 23.6 Å². The van der Waals surface area contributed by atoms with Crippen molar-refractivity contribution in [2.24, 2.45) is 5.92 Å². The largest absolute Gasteiger partial charge is 0.462 e. The first kappa shape index (κ1) is 30.6. The zero-order valence-corrected chi connectivity index (χ0v) is 26.5. The van der Waals surface area contributed by atoms with E-state index in [1.807, 2.05) is 18.2 Å². The molecule has 0 N–H and O–H groups in total. The molecule has 4 heterocycles. The number of carbonyl (C=O) groups is 1. The summed E-state index contributed by atoms with van der Waals surface area (Å²) >= 11 is 6.50. The van der Waals surface area contributed by atoms with Crippen LogP contribution in [0.1, 0.15) is 30.5 Å². The van der Waals surface area contributed by atoms with Crippen LogP contribution in [0.15, 0.2) is 42.7 Å². The predicted octanol–water partition coefficient (Wildman–Crippen LogP) is 5.27. The number of likely N-dealkylation sites (tertiary alicyclic amines) is 1. The summed E-state index contributed by atoms with van der Waals surface area (Å²) in [5, 5.41) is 1.61. The lowest BCUT2D eigenvalue weighted by Crippen LogP contribution is -2.57. The number of carbonyl (C=O) groups excluding carboxylic acids is 1. The van der Waals surface area contributed by atoms with E-state index in [-0.39, 0.29) is 24.1 Å². The molecule has 240 valence electrons. The van der Waals surface area contributed by atoms with E-state index in [2.05, 4.69) is 33.2 Å². The Morgan fingerprint density at radius 3 is 2.78 bits per heavy atom. The van der Waals surface area contributed by atoms with Crippen molar-refractivity contribution in [3.8, 4) is 6.01 Å². The van der Waals surface area contributed by atoms with Crippen LogP contribution in [0.2, 0.25) is 5.02 Å². The molecule has 9 nitrogen and oxygen atoms in total. The van der Waals surface area contributed by atoms with Gasteiger partial charge in [-0.25, -0.2) is 15.4 Å². The van der Waals surface area contributed by atoms with Gasteiger partial charge in [-0.3, -0.25) is 9.69 Å². The third-order valence-corrected chi connectivity index (χ3v) is 10.7. The molecular formula is C34H36ClF2N7O2. The van der Waals surface area contributed by atoms with Crippen LogP contribution in [0.3, 0.4) is 0 Å². The first-order valence-corrected chi connectivity index (χ1v) is 16.2. The standard InChI is InChI=1S/C34H36ClF2N7O2/c1-20(36)33(45)44-14-13-43(17-24(44)16-38-2)32-25-11-12-42(28-6-4-5-21-8-10-26(37)31(35)30(21)28)18-27(25)39-34(40-32)46-19-29-22-7-9-23(15-22)41(29)3/h4-6,8,10,22-24,29H,1,7,9,11-19H2,3H3/t22-,23?,24+,29-/m1/s1. The van der Waals surface area contributed by atoms with E-state index in [1.54, 1.807) is 6.07 Å². The number of piperidine rings is 1. The molecule has 3 fully saturated rings. The molecule has 1 amide bonds. The van der Waals surface area contributed by atoms with Crippen molar-refractivity contribution in [2.45, 2.75) is 50.4 Å². The third-order valence-electron chi connectivity index (χ3n) is 10.3. The first-order chi connectivity index (χ1) is 22.2. The molecule has 1 unspecified atom stereocenters. The Kier molecular flexibility index (Phi) is 8.19. The summed E-state index contributed by atoms with van der Waals surface area (Å²) in [4.78, 5) is 34.0. The van der Waals surface area contributed by atoms with E-state index in [0.29, 0.717) is 68.4 Å². The summed E-state index contributed by atoms with van der Waals surface area (Å²) in [6.45, 7) is 13.2. The van der Waals surface area contributed by atoms with Gasteiger partial charge in [0.15, 0.2) is 5.83 Å². The van der Waals surface area contributed by atoms with Crippen molar-refractivity contribution >= 4 is 39.8 Å². The van der Waals surface area contributed by atoms with Crippen LogP contribution in [-0.2, 0) is 17.8 Å². The molecule has 2 aromatic carbocycles. The van der Waals surface area contributed by atoms with Gasteiger partial charge in [0.2, 0.25) is 6.54 Å². The van der Waals surface area contributed by atoms with Crippen molar-refractivity contribution < 1.29 is 18.3 Å². The second-order valence-electron chi connectivity index (χ2n) is 12.8. The Balaban J connectivity index is 1.22. The fraction of sp³-hybridized carbons (Fsp3) is 0.471. The fourth-order valence-electron chi connectivity index (χ4n) is 7.94. The van der Waals surface area contributed by atoms with Gasteiger partial charge in [0.25, 0.3) is 5.91 Å². The van der Waals surface area contributed by atoms with E-state index >= 15 is 0 Å². The van der Waals surface area contributed by atoms with Gasteiger partial charge in [0.05, 0.1) is 17.3 Å². The molecule has 12 heteroatoms. The number of fused-ring (bicyclic) bond motifs is 4. The summed E-state index contributed by atoms with van der Waals surface area (Å²) in [5.41, 5.74) is 2.60. The SMILES string of the molecule is [C-]#[N+]C[C@H]1CN(c2nc(OC[C@@H]3[C@@H]4CCC(C4)N3C)nc3c2CCN(c2cccc4ccc(F)c(Cl)c24)C3)CCN1C(=O)C(=C)F. The number of nitrogens with zero attached hydrogens (tertiary/aromatic N) is 7. The van der Waals surface area contributed by atoms with Crippen molar-refractivity contribution in [2.75, 3.05) is 56.2 Å². The number of amides is 1. The predicted molar refractivity (Wildman–Crippen MR) is 173 cm³/mol. The lowest BCUT2D eigenvalue weighted by Gasteiger charge is -2.41. The van der Waals surface area contributed by atoms with Gasteiger partial charge < -0.3 is 24.3 Å². The van der Waals surface area contributed by atoms with Crippen LogP contribution in [-0.4, -0.2) is 90.2 Å². The molecule has 0 spiro atoms. The zero-order valence-electron chi connectivity index (χ0n) is 25.8. The van der Waals surface area contributed by atoms with Gasteiger partial charge >= 0.3 is 6.01 Å². The number of hydrogen-bond donors (Lipinski definition) is 0. The van der Waals surface area contributed by atoms with Crippen LogP contribution < -0.4 is 14.5 Å². The number of anilines is 2. The molecule has 2 saturated heterocycles. The molecule has 2 bridgehead atoms. The molecule has 1 aliphatic carbocycles. The molecule has 4 atom stereocenters. The minimum Gasteiger partial charge on any atom is -0.462 e. The smallest absolute Gasteiger partial charge is 0.318 e. The van der Waals surface area contributed by atoms with Crippen LogP contribution in [0, 0.1) is 18.3 Å². The number of benzene rings is 2. The number of aromatic nitrogens is 2. The van der Waals surface area contributed by atoms with E-state index in [4.69, 9.17) is 32.9 Å². The van der Waals surface area contributed by atoms with Crippen LogP contribution in [0.4, 0.5) is 20.3 Å². The number of rotatable bonds is 7. The highest BCUT2D eigenvalue weighted by Crippen LogP contribution is 2.42. The Morgan fingerprint density at radius 2 is 2.02 bits per heavy atom. The number of ether oxygens (including phenoxy) is 1. The highest BCUT2D eigenvalue weighted by atomic mass is 35.5. The molecule has 1 aromatic heterocycles. The second-order valence-corrected chi connectivity index (χ2v) is 13.2. The van der Waals surface area contributed by atoms with Gasteiger partial charge in [0, 0.05) is 54.9 Å². The Bertz CT molecular complexity index is 1750. The lowest BCUT2D eigenvalue weighted by molar-refractivity contribution is -0.131. The van der Waals surface area contributed by atoms with E-state index in [1.165, 1.54) is 30.2 Å². The molecule has 4 aliphatic rings. The van der Waals surface area contributed by atoms with E-state index in [9.17, 15) is 13.6 Å². The Hall–Kier alpha value is -4.01. The summed E-state index contributed by atoms with van der Waals surface area (Å²) in [6.07, 6.45) is 4.24. The maximum absolute atomic E-state index is 14.6. The molecule has 7 rings (SSSR count). The molecule has 46 heavy (non-hydrogen) atoms. The number of hydrogen-bond acceptors (Lipinski definition) is 7. The summed E-state index contributed by atoms with van der Waals surface area (Å²) in [7, 11) is 2.16. The molecule has 3 aromatic rings. The van der Waals surface area contributed by atoms with Gasteiger partial charge in [-0.05, 0) is 56.2 Å². The number of likely N-dealkylation sites (N-methyl/N-ethyl adjacent to an activating group) is 1. The minimum absolute atomic E-state index is 0.0366. The summed E-state index contributed by atoms with van der Waals surface area (Å²) in [5.74, 6) is -0.961. The number of halogens is 3. The number of piperazine rings is 1. The van der Waals surface area contributed by atoms with Crippen LogP contribution in [0.25, 0.3) is 15.6 Å². The van der Waals surface area contributed by atoms with Gasteiger partial charge in [0.1, 0.15) is 24.3 Å². The minimum atomic E-state index is -1.03. The maximum atomic E-state index is 14.6. The Labute approximate surface area is 272 Å². The maximum Gasteiger partial charge on any atom is 0.318 e. The highest BCUT2D eigenvalue weighted by Gasteiger charge is 2.44. The van der Waals surface area contributed by atoms with Gasteiger partial charge in [-0.2, -0.15) is 9.97 Å². The fourth-order valence-corrected chi connectivity index (χ4v) is 8.20. The van der Waals surface area contributed by atoms with Crippen molar-refractivity contribution in [1.82, 2.24) is 19.8 Å². The van der Waals surface area contributed by atoms with Crippen molar-refractivity contribution in [3.63, 3.8) is 0 Å². The van der Waals surface area contributed by atoms with Crippen LogP contribution >= 0.6 is 11.6 Å². The monoisotopic (exact) mass is 647 g/mol. The third kappa shape index (κ3) is 5.41. The molecule has 0 radical (unpaired) electrons. The highest BCUT2D eigenvalue weighted by molar-refractivity contribution is 6.36. The van der Waals surface area contributed by atoms with Crippen LogP contribution in [0.5, 0.6) is 6.01 Å². The van der Waals surface area contributed by atoms with Gasteiger partial charge in [-0.15, -0.1) is 0 Å². The Morgan fingerprint density at radius 1 is 1.17 bits per heavy atom. The van der Waals surface area contributed by atoms with Gasteiger partial charge in [-0.1, -0.05) is 36.4 Å². The summed E-state index contributed by atoms with van der Waals surface area (Å²) in [6, 6.07) is 9.60. The average molecular weight is 648 g/mol. The molecular weight excluding hydrogens is 612 g/mol. The zero-order chi connectivity index (χ0) is 32.1. The topological polar surface area (TPSA) is 69.4 Å². The lowest BCUT2D eigenvalue weighted by atomic mass is 10.00. The normalized spacial score (nSPS) is 24.3. The van der Waals surface area contributed by atoms with Crippen molar-refractivity contribution in [3.05, 3.63) is 76.3 Å². The second kappa shape index (κ2) is 12.3. The molecule has 1 saturated carbocycles. The molecule has 3 aliphatic heterocycles. The summed E-state index contributed by atoms with van der Waals surface area (Å²) < 4.78 is 34.8. The average Bonchev–Trinajstić information content (AvgIpc) is 3.66. The quantitative estimate of drug-likeness (QED) is 0.256. The van der Waals surface area contributed by atoms with E-state index in [0.717, 1.165) is 22.3 Å². The first-order valence-electron chi connectivity index (χ1n) is 15.8. The van der Waals surface area contributed by atoms with Crippen molar-refractivity contribution in [1.29, 1.82) is 0 Å².